The fourth-order valence-corrected chi connectivity index (χ4v) is 9.20. The molecule has 2 aromatic heterocycles. The lowest BCUT2D eigenvalue weighted by atomic mass is 9.70. The Hall–Kier alpha value is -7.16. The van der Waals surface area contributed by atoms with Crippen LogP contribution >= 0.6 is 0 Å². The van der Waals surface area contributed by atoms with Gasteiger partial charge in [0.05, 0.1) is 16.8 Å². The normalized spacial score (nSPS) is 12.9. The summed E-state index contributed by atoms with van der Waals surface area (Å²) in [6, 6.07) is 70.7. The van der Waals surface area contributed by atoms with Crippen molar-refractivity contribution in [2.75, 3.05) is 0 Å². The highest BCUT2D eigenvalue weighted by atomic mass is 14.7. The van der Waals surface area contributed by atoms with Crippen LogP contribution in [0.15, 0.2) is 207 Å². The molecule has 0 N–H and O–H groups in total. The molecule has 0 saturated heterocycles. The van der Waals surface area contributed by atoms with E-state index < -0.39 is 5.41 Å². The number of fused-ring (bicyclic) bond motifs is 10. The van der Waals surface area contributed by atoms with Crippen LogP contribution in [0.4, 0.5) is 0 Å². The third kappa shape index (κ3) is 4.82. The monoisotopic (exact) mass is 698 g/mol. The first kappa shape index (κ1) is 31.4. The molecule has 7 aromatic carbocycles. The van der Waals surface area contributed by atoms with Crippen LogP contribution in [-0.4, -0.2) is 9.97 Å². The summed E-state index contributed by atoms with van der Waals surface area (Å²) in [4.78, 5) is 9.70. The average molecular weight is 699 g/mol. The van der Waals surface area contributed by atoms with E-state index in [0.717, 1.165) is 39.2 Å². The van der Waals surface area contributed by atoms with Gasteiger partial charge in [-0.3, -0.25) is 4.98 Å². The molecule has 0 aliphatic heterocycles. The molecule has 0 saturated carbocycles. The van der Waals surface area contributed by atoms with Crippen molar-refractivity contribution in [3.63, 3.8) is 0 Å². The van der Waals surface area contributed by atoms with Crippen LogP contribution in [-0.2, 0) is 5.41 Å². The molecule has 0 unspecified atom stereocenters. The topological polar surface area (TPSA) is 25.8 Å². The molecule has 1 spiro atoms. The van der Waals surface area contributed by atoms with Crippen molar-refractivity contribution in [3.8, 4) is 78.1 Å². The van der Waals surface area contributed by atoms with E-state index in [0.29, 0.717) is 0 Å². The van der Waals surface area contributed by atoms with Crippen LogP contribution in [0, 0.1) is 0 Å². The van der Waals surface area contributed by atoms with E-state index in [1.165, 1.54) is 61.2 Å². The first-order valence-corrected chi connectivity index (χ1v) is 18.9. The van der Waals surface area contributed by atoms with Crippen LogP contribution in [0.5, 0.6) is 0 Å². The quantitative estimate of drug-likeness (QED) is 0.179. The minimum absolute atomic E-state index is 0.400. The second-order valence-corrected chi connectivity index (χ2v) is 14.5. The van der Waals surface area contributed by atoms with Gasteiger partial charge in [-0.05, 0) is 96.1 Å². The molecule has 9 aromatic rings. The van der Waals surface area contributed by atoms with E-state index in [9.17, 15) is 0 Å². The summed E-state index contributed by atoms with van der Waals surface area (Å²) in [6.45, 7) is 0. The van der Waals surface area contributed by atoms with Crippen molar-refractivity contribution < 1.29 is 0 Å². The highest BCUT2D eigenvalue weighted by Gasteiger charge is 2.51. The Morgan fingerprint density at radius 2 is 0.764 bits per heavy atom. The van der Waals surface area contributed by atoms with Gasteiger partial charge >= 0.3 is 0 Å². The summed E-state index contributed by atoms with van der Waals surface area (Å²) in [5.74, 6) is 0. The predicted molar refractivity (Wildman–Crippen MR) is 226 cm³/mol. The van der Waals surface area contributed by atoms with Crippen molar-refractivity contribution in [1.29, 1.82) is 0 Å². The Balaban J connectivity index is 1.13. The van der Waals surface area contributed by atoms with Gasteiger partial charge in [0, 0.05) is 23.5 Å². The summed E-state index contributed by atoms with van der Waals surface area (Å²) in [6.07, 6.45) is 3.72. The Kier molecular flexibility index (Phi) is 7.11. The third-order valence-electron chi connectivity index (χ3n) is 11.6. The van der Waals surface area contributed by atoms with Crippen LogP contribution in [0.1, 0.15) is 22.3 Å². The molecule has 2 nitrogen and oxygen atoms in total. The Bertz CT molecular complexity index is 2740. The van der Waals surface area contributed by atoms with Crippen LogP contribution < -0.4 is 0 Å². The molecule has 0 fully saturated rings. The predicted octanol–water partition coefficient (Wildman–Crippen LogP) is 13.2. The van der Waals surface area contributed by atoms with Gasteiger partial charge in [-0.25, -0.2) is 4.98 Å². The van der Waals surface area contributed by atoms with Gasteiger partial charge in [0.1, 0.15) is 0 Å². The molecular formula is C53H34N2. The van der Waals surface area contributed by atoms with E-state index in [1.807, 2.05) is 18.5 Å². The zero-order valence-corrected chi connectivity index (χ0v) is 30.0. The lowest BCUT2D eigenvalue weighted by Gasteiger charge is -2.30. The number of benzene rings is 7. The first-order chi connectivity index (χ1) is 27.3. The van der Waals surface area contributed by atoms with Gasteiger partial charge in [-0.2, -0.15) is 0 Å². The van der Waals surface area contributed by atoms with Gasteiger partial charge in [0.2, 0.25) is 0 Å². The van der Waals surface area contributed by atoms with Gasteiger partial charge < -0.3 is 0 Å². The largest absolute Gasteiger partial charge is 0.264 e. The van der Waals surface area contributed by atoms with Gasteiger partial charge in [-0.15, -0.1) is 0 Å². The van der Waals surface area contributed by atoms with Crippen LogP contribution in [0.3, 0.4) is 0 Å². The van der Waals surface area contributed by atoms with Gasteiger partial charge in [0.15, 0.2) is 0 Å². The summed E-state index contributed by atoms with van der Waals surface area (Å²) < 4.78 is 0. The minimum Gasteiger partial charge on any atom is -0.264 e. The lowest BCUT2D eigenvalue weighted by molar-refractivity contribution is 0.794. The third-order valence-corrected chi connectivity index (χ3v) is 11.6. The molecule has 0 atom stereocenters. The zero-order chi connectivity index (χ0) is 36.3. The van der Waals surface area contributed by atoms with Crippen molar-refractivity contribution in [2.24, 2.45) is 0 Å². The Morgan fingerprint density at radius 3 is 1.36 bits per heavy atom. The molecule has 0 radical (unpaired) electrons. The van der Waals surface area contributed by atoms with Crippen molar-refractivity contribution in [3.05, 3.63) is 229 Å². The Labute approximate surface area is 321 Å². The van der Waals surface area contributed by atoms with Crippen LogP contribution in [0.25, 0.3) is 78.1 Å². The van der Waals surface area contributed by atoms with Crippen molar-refractivity contribution in [2.45, 2.75) is 5.41 Å². The molecular weight excluding hydrogens is 665 g/mol. The van der Waals surface area contributed by atoms with Gasteiger partial charge in [0.25, 0.3) is 0 Å². The number of aromatic nitrogens is 2. The average Bonchev–Trinajstić information content (AvgIpc) is 3.75. The maximum absolute atomic E-state index is 5.36. The van der Waals surface area contributed by atoms with E-state index >= 15 is 0 Å². The summed E-state index contributed by atoms with van der Waals surface area (Å²) in [5.41, 5.74) is 21.2. The highest BCUT2D eigenvalue weighted by molar-refractivity contribution is 6.00. The Morgan fingerprint density at radius 1 is 0.309 bits per heavy atom. The number of pyridine rings is 2. The minimum atomic E-state index is -0.400. The zero-order valence-electron chi connectivity index (χ0n) is 30.0. The molecule has 2 heterocycles. The second kappa shape index (κ2) is 12.5. The first-order valence-electron chi connectivity index (χ1n) is 18.9. The summed E-state index contributed by atoms with van der Waals surface area (Å²) >= 11 is 0. The van der Waals surface area contributed by atoms with E-state index in [2.05, 4.69) is 193 Å². The molecule has 0 bridgehead atoms. The van der Waals surface area contributed by atoms with E-state index in [1.54, 1.807) is 0 Å². The molecule has 55 heavy (non-hydrogen) atoms. The molecule has 0 amide bonds. The SMILES string of the molecule is c1ccc(-c2ccc(-c3cc(-c4cccc5c4-c4ccccc4C54c5ccccc5-c5ccccc54)cc(-c4ccc(-c5cccnc5)cc4)n3)cc2)cc1. The number of rotatable bonds is 5. The lowest BCUT2D eigenvalue weighted by Crippen LogP contribution is -2.25. The number of hydrogen-bond acceptors (Lipinski definition) is 2. The highest BCUT2D eigenvalue weighted by Crippen LogP contribution is 2.64. The number of hydrogen-bond donors (Lipinski definition) is 0. The maximum atomic E-state index is 5.36. The van der Waals surface area contributed by atoms with Gasteiger partial charge in [-0.1, -0.05) is 176 Å². The fourth-order valence-electron chi connectivity index (χ4n) is 9.20. The van der Waals surface area contributed by atoms with E-state index in [4.69, 9.17) is 4.98 Å². The van der Waals surface area contributed by atoms with Crippen LogP contribution in [0.2, 0.25) is 0 Å². The fraction of sp³-hybridized carbons (Fsp3) is 0.0189. The smallest absolute Gasteiger partial charge is 0.0725 e. The second-order valence-electron chi connectivity index (χ2n) is 14.5. The molecule has 11 rings (SSSR count). The molecule has 2 aliphatic carbocycles. The van der Waals surface area contributed by atoms with E-state index in [-0.39, 0.29) is 0 Å². The summed E-state index contributed by atoms with van der Waals surface area (Å²) in [5, 5.41) is 0. The maximum Gasteiger partial charge on any atom is 0.0725 e. The molecule has 2 heteroatoms. The van der Waals surface area contributed by atoms with Crippen molar-refractivity contribution >= 4 is 0 Å². The number of nitrogens with zero attached hydrogens (tertiary/aromatic N) is 2. The standard InChI is InChI=1S/C53H34N2/c1-2-12-35(13-3-1)36-23-27-38(28-24-36)50-32-41(33-51(55-50)39-29-25-37(26-30-39)40-14-11-31-54-34-40)42-18-10-22-49-52(42)45-17-6-9-21-48(45)53(49)46-19-7-4-15-43(46)44-16-5-8-20-47(44)53/h1-34H. The summed E-state index contributed by atoms with van der Waals surface area (Å²) in [7, 11) is 0. The van der Waals surface area contributed by atoms with Crippen molar-refractivity contribution in [1.82, 2.24) is 9.97 Å². The molecule has 256 valence electrons. The molecule has 2 aliphatic rings.